The Morgan fingerprint density at radius 3 is 2.69 bits per heavy atom. The lowest BCUT2D eigenvalue weighted by Crippen LogP contribution is -2.48. The fourth-order valence-corrected chi connectivity index (χ4v) is 2.69. The van der Waals surface area contributed by atoms with Gasteiger partial charge in [0.15, 0.2) is 9.84 Å². The van der Waals surface area contributed by atoms with Gasteiger partial charge in [0.1, 0.15) is 0 Å². The fraction of sp³-hybridized carbons (Fsp3) is 0.700. The Kier molecular flexibility index (Phi) is 4.09. The van der Waals surface area contributed by atoms with E-state index in [1.807, 2.05) is 13.8 Å². The molecular formula is C10H18N2O3S. The average molecular weight is 246 g/mol. The minimum absolute atomic E-state index is 0.0635. The second-order valence-corrected chi connectivity index (χ2v) is 6.12. The number of nitrogens with two attached hydrogens (primary N) is 1. The van der Waals surface area contributed by atoms with Crippen molar-refractivity contribution in [3.05, 3.63) is 11.5 Å². The zero-order valence-electron chi connectivity index (χ0n) is 9.51. The third-order valence-corrected chi connectivity index (χ3v) is 4.21. The van der Waals surface area contributed by atoms with Crippen LogP contribution in [0.5, 0.6) is 0 Å². The van der Waals surface area contributed by atoms with Crippen molar-refractivity contribution >= 4 is 15.7 Å². The van der Waals surface area contributed by atoms with Crippen LogP contribution < -0.4 is 11.1 Å². The van der Waals surface area contributed by atoms with Crippen molar-refractivity contribution in [2.24, 2.45) is 11.7 Å². The minimum atomic E-state index is -3.13. The molecule has 0 spiro atoms. The molecule has 3 unspecified atom stereocenters. The van der Waals surface area contributed by atoms with E-state index in [4.69, 9.17) is 5.73 Å². The second kappa shape index (κ2) is 4.97. The van der Waals surface area contributed by atoms with Gasteiger partial charge in [-0.15, -0.1) is 0 Å². The first kappa shape index (κ1) is 13.2. The molecule has 0 aromatic rings. The molecule has 16 heavy (non-hydrogen) atoms. The average Bonchev–Trinajstić information content (AvgIpc) is 2.55. The fourth-order valence-electron chi connectivity index (χ4n) is 1.46. The highest BCUT2D eigenvalue weighted by atomic mass is 32.2. The van der Waals surface area contributed by atoms with E-state index in [1.165, 1.54) is 6.08 Å². The van der Waals surface area contributed by atoms with Crippen LogP contribution in [0.4, 0.5) is 0 Å². The van der Waals surface area contributed by atoms with Crippen LogP contribution in [0.15, 0.2) is 11.5 Å². The first-order chi connectivity index (χ1) is 7.35. The third kappa shape index (κ3) is 3.31. The number of sulfone groups is 1. The van der Waals surface area contributed by atoms with Crippen LogP contribution >= 0.6 is 0 Å². The van der Waals surface area contributed by atoms with E-state index in [2.05, 4.69) is 5.32 Å². The van der Waals surface area contributed by atoms with E-state index in [0.29, 0.717) is 0 Å². The molecule has 5 nitrogen and oxygen atoms in total. The molecule has 0 aromatic heterocycles. The smallest absolute Gasteiger partial charge is 0.237 e. The standard InChI is InChI=1S/C10H18N2O3S/c1-3-7(2)9(11)10(13)12-8-4-5-16(14,15)6-8/h4-5,7-9H,3,6,11H2,1-2H3,(H,12,13). The Hall–Kier alpha value is -0.880. The molecule has 1 heterocycles. The van der Waals surface area contributed by atoms with Crippen molar-refractivity contribution in [3.8, 4) is 0 Å². The molecular weight excluding hydrogens is 228 g/mol. The number of hydrogen-bond donors (Lipinski definition) is 2. The molecule has 1 aliphatic rings. The van der Waals surface area contributed by atoms with E-state index < -0.39 is 21.9 Å². The highest BCUT2D eigenvalue weighted by molar-refractivity contribution is 7.94. The quantitative estimate of drug-likeness (QED) is 0.718. The topological polar surface area (TPSA) is 89.3 Å². The molecule has 1 amide bonds. The molecule has 0 saturated carbocycles. The van der Waals surface area contributed by atoms with Crippen molar-refractivity contribution in [1.82, 2.24) is 5.32 Å². The van der Waals surface area contributed by atoms with Gasteiger partial charge in [-0.3, -0.25) is 4.79 Å². The molecule has 0 aromatic carbocycles. The Morgan fingerprint density at radius 1 is 1.62 bits per heavy atom. The van der Waals surface area contributed by atoms with Crippen LogP contribution in [0, 0.1) is 5.92 Å². The van der Waals surface area contributed by atoms with E-state index in [9.17, 15) is 13.2 Å². The Balaban J connectivity index is 2.51. The van der Waals surface area contributed by atoms with Gasteiger partial charge in [0.05, 0.1) is 17.8 Å². The summed E-state index contributed by atoms with van der Waals surface area (Å²) in [4.78, 5) is 11.6. The van der Waals surface area contributed by atoms with Crippen LogP contribution in [0.1, 0.15) is 20.3 Å². The summed E-state index contributed by atoms with van der Waals surface area (Å²) in [5, 5.41) is 3.75. The third-order valence-electron chi connectivity index (χ3n) is 2.82. The monoisotopic (exact) mass is 246 g/mol. The summed E-state index contributed by atoms with van der Waals surface area (Å²) >= 11 is 0. The van der Waals surface area contributed by atoms with Gasteiger partial charge in [-0.2, -0.15) is 0 Å². The van der Waals surface area contributed by atoms with E-state index in [-0.39, 0.29) is 17.6 Å². The maximum absolute atomic E-state index is 11.6. The highest BCUT2D eigenvalue weighted by Gasteiger charge is 2.26. The minimum Gasteiger partial charge on any atom is -0.347 e. The van der Waals surface area contributed by atoms with E-state index in [1.54, 1.807) is 0 Å². The van der Waals surface area contributed by atoms with Gasteiger partial charge in [0.25, 0.3) is 0 Å². The summed E-state index contributed by atoms with van der Waals surface area (Å²) in [7, 11) is -3.13. The summed E-state index contributed by atoms with van der Waals surface area (Å²) in [6.45, 7) is 3.85. The summed E-state index contributed by atoms with van der Waals surface area (Å²) in [6, 6.07) is -1.02. The van der Waals surface area contributed by atoms with Gasteiger partial charge in [-0.1, -0.05) is 20.3 Å². The van der Waals surface area contributed by atoms with Crippen LogP contribution in [0.3, 0.4) is 0 Å². The second-order valence-electron chi connectivity index (χ2n) is 4.18. The maximum Gasteiger partial charge on any atom is 0.237 e. The van der Waals surface area contributed by atoms with E-state index >= 15 is 0 Å². The lowest BCUT2D eigenvalue weighted by Gasteiger charge is -2.19. The van der Waals surface area contributed by atoms with Crippen LogP contribution in [-0.4, -0.2) is 32.2 Å². The molecule has 3 N–H and O–H groups in total. The largest absolute Gasteiger partial charge is 0.347 e. The molecule has 6 heteroatoms. The summed E-state index contributed by atoms with van der Waals surface area (Å²) in [5.41, 5.74) is 5.73. The van der Waals surface area contributed by atoms with Crippen molar-refractivity contribution in [1.29, 1.82) is 0 Å². The number of carbonyl (C=O) groups excluding carboxylic acids is 1. The molecule has 1 aliphatic heterocycles. The first-order valence-electron chi connectivity index (χ1n) is 5.32. The zero-order valence-corrected chi connectivity index (χ0v) is 10.3. The predicted molar refractivity (Wildman–Crippen MR) is 62.3 cm³/mol. The molecule has 92 valence electrons. The lowest BCUT2D eigenvalue weighted by molar-refractivity contribution is -0.123. The van der Waals surface area contributed by atoms with Gasteiger partial charge in [0, 0.05) is 5.41 Å². The molecule has 0 aliphatic carbocycles. The van der Waals surface area contributed by atoms with Crippen molar-refractivity contribution in [3.63, 3.8) is 0 Å². The van der Waals surface area contributed by atoms with Crippen LogP contribution in [0.2, 0.25) is 0 Å². The maximum atomic E-state index is 11.6. The number of carbonyl (C=O) groups is 1. The summed E-state index contributed by atoms with van der Waals surface area (Å²) < 4.78 is 22.2. The van der Waals surface area contributed by atoms with E-state index in [0.717, 1.165) is 11.8 Å². The SMILES string of the molecule is CCC(C)C(N)C(=O)NC1C=CS(=O)(=O)C1. The van der Waals surface area contributed by atoms with Crippen molar-refractivity contribution in [2.45, 2.75) is 32.4 Å². The van der Waals surface area contributed by atoms with Gasteiger partial charge in [0.2, 0.25) is 5.91 Å². The predicted octanol–water partition coefficient (Wildman–Crippen LogP) is -0.213. The number of amides is 1. The normalized spacial score (nSPS) is 26.3. The summed E-state index contributed by atoms with van der Waals surface area (Å²) in [5.74, 6) is -0.269. The number of nitrogens with one attached hydrogen (secondary N) is 1. The zero-order chi connectivity index (χ0) is 12.3. The van der Waals surface area contributed by atoms with Gasteiger partial charge < -0.3 is 11.1 Å². The summed E-state index contributed by atoms with van der Waals surface area (Å²) in [6.07, 6.45) is 2.30. The van der Waals surface area contributed by atoms with Gasteiger partial charge in [-0.25, -0.2) is 8.42 Å². The molecule has 1 rings (SSSR count). The molecule has 0 bridgehead atoms. The molecule has 0 saturated heterocycles. The molecule has 0 radical (unpaired) electrons. The first-order valence-corrected chi connectivity index (χ1v) is 7.04. The number of hydrogen-bond acceptors (Lipinski definition) is 4. The number of rotatable bonds is 4. The highest BCUT2D eigenvalue weighted by Crippen LogP contribution is 2.10. The molecule has 3 atom stereocenters. The van der Waals surface area contributed by atoms with Crippen LogP contribution in [0.25, 0.3) is 0 Å². The Morgan fingerprint density at radius 2 is 2.25 bits per heavy atom. The van der Waals surface area contributed by atoms with Gasteiger partial charge in [-0.05, 0) is 12.0 Å². The lowest BCUT2D eigenvalue weighted by atomic mass is 9.99. The van der Waals surface area contributed by atoms with Crippen LogP contribution in [-0.2, 0) is 14.6 Å². The molecule has 0 fully saturated rings. The Labute approximate surface area is 96.0 Å². The van der Waals surface area contributed by atoms with Crippen molar-refractivity contribution < 1.29 is 13.2 Å². The van der Waals surface area contributed by atoms with Crippen molar-refractivity contribution in [2.75, 3.05) is 5.75 Å². The Bertz CT molecular complexity index is 389. The van der Waals surface area contributed by atoms with Gasteiger partial charge >= 0.3 is 0 Å².